The minimum Gasteiger partial charge on any atom is -0.372 e. The van der Waals surface area contributed by atoms with Crippen molar-refractivity contribution < 1.29 is 17.7 Å². The van der Waals surface area contributed by atoms with Gasteiger partial charge >= 0.3 is 8.80 Å². The monoisotopic (exact) mass is 196 g/mol. The van der Waals surface area contributed by atoms with Gasteiger partial charge in [-0.05, 0) is 20.8 Å². The standard InChI is InChI=1S/C7H17FO3Si/c1-4-9-12(7-8,10-5-2)11-6-3/h4-7H2,1-3H3. The Hall–Kier alpha value is 0.0269. The molecular weight excluding hydrogens is 179 g/mol. The Labute approximate surface area is 74.2 Å². The van der Waals surface area contributed by atoms with Crippen molar-refractivity contribution in [2.24, 2.45) is 0 Å². The van der Waals surface area contributed by atoms with Crippen LogP contribution < -0.4 is 0 Å². The molecule has 0 saturated heterocycles. The summed E-state index contributed by atoms with van der Waals surface area (Å²) in [5.74, 6) is 0. The lowest BCUT2D eigenvalue weighted by Crippen LogP contribution is -2.48. The van der Waals surface area contributed by atoms with Crippen LogP contribution in [-0.4, -0.2) is 34.9 Å². The van der Waals surface area contributed by atoms with E-state index < -0.39 is 15.1 Å². The number of hydrogen-bond acceptors (Lipinski definition) is 3. The molecule has 74 valence electrons. The van der Waals surface area contributed by atoms with Gasteiger partial charge in [-0.1, -0.05) is 0 Å². The van der Waals surface area contributed by atoms with Crippen LogP contribution >= 0.6 is 0 Å². The molecule has 0 aromatic heterocycles. The first kappa shape index (κ1) is 12.0. The maximum atomic E-state index is 12.6. The highest BCUT2D eigenvalue weighted by Gasteiger charge is 2.40. The molecule has 3 nitrogen and oxygen atoms in total. The average Bonchev–Trinajstić information content (AvgIpc) is 2.06. The highest BCUT2D eigenvalue weighted by atomic mass is 28.4. The quantitative estimate of drug-likeness (QED) is 0.578. The molecule has 0 aliphatic carbocycles. The van der Waals surface area contributed by atoms with Crippen molar-refractivity contribution in [2.75, 3.05) is 26.1 Å². The number of alkyl halides is 1. The fourth-order valence-corrected chi connectivity index (χ4v) is 2.70. The zero-order valence-corrected chi connectivity index (χ0v) is 8.93. The fraction of sp³-hybridized carbons (Fsp3) is 1.00. The number of halogens is 1. The third-order valence-electron chi connectivity index (χ3n) is 1.26. The summed E-state index contributed by atoms with van der Waals surface area (Å²) in [4.78, 5) is 0. The van der Waals surface area contributed by atoms with Gasteiger partial charge in [0, 0.05) is 19.8 Å². The van der Waals surface area contributed by atoms with Crippen molar-refractivity contribution in [3.05, 3.63) is 0 Å². The van der Waals surface area contributed by atoms with Crippen molar-refractivity contribution in [1.29, 1.82) is 0 Å². The van der Waals surface area contributed by atoms with E-state index in [-0.39, 0.29) is 0 Å². The van der Waals surface area contributed by atoms with E-state index in [1.165, 1.54) is 0 Å². The molecule has 0 heterocycles. The predicted molar refractivity (Wildman–Crippen MR) is 46.6 cm³/mol. The van der Waals surface area contributed by atoms with Gasteiger partial charge in [0.15, 0.2) is 6.30 Å². The summed E-state index contributed by atoms with van der Waals surface area (Å²) < 4.78 is 28.1. The summed E-state index contributed by atoms with van der Waals surface area (Å²) in [6, 6.07) is 0. The third kappa shape index (κ3) is 3.62. The Bertz CT molecular complexity index is 95.8. The Morgan fingerprint density at radius 2 is 1.25 bits per heavy atom. The van der Waals surface area contributed by atoms with Crippen molar-refractivity contribution >= 4 is 8.80 Å². The SMILES string of the molecule is CCO[Si](CF)(OCC)OCC. The highest BCUT2D eigenvalue weighted by molar-refractivity contribution is 6.60. The smallest absolute Gasteiger partial charge is 0.372 e. The lowest BCUT2D eigenvalue weighted by atomic mass is 10.9. The molecule has 0 spiro atoms. The van der Waals surface area contributed by atoms with Crippen LogP contribution in [0.25, 0.3) is 0 Å². The van der Waals surface area contributed by atoms with E-state index >= 15 is 0 Å². The van der Waals surface area contributed by atoms with Crippen LogP contribution in [0.5, 0.6) is 0 Å². The van der Waals surface area contributed by atoms with Crippen molar-refractivity contribution in [1.82, 2.24) is 0 Å². The number of hydrogen-bond donors (Lipinski definition) is 0. The van der Waals surface area contributed by atoms with Crippen LogP contribution in [0.15, 0.2) is 0 Å². The number of rotatable bonds is 7. The van der Waals surface area contributed by atoms with Crippen LogP contribution in [0, 0.1) is 0 Å². The van der Waals surface area contributed by atoms with Crippen molar-refractivity contribution in [3.8, 4) is 0 Å². The first-order chi connectivity index (χ1) is 5.74. The first-order valence-electron chi connectivity index (χ1n) is 4.22. The molecule has 0 saturated carbocycles. The van der Waals surface area contributed by atoms with Crippen molar-refractivity contribution in [3.63, 3.8) is 0 Å². The predicted octanol–water partition coefficient (Wildman–Crippen LogP) is 1.54. The summed E-state index contributed by atoms with van der Waals surface area (Å²) in [5, 5.41) is 0. The molecule has 5 heteroatoms. The van der Waals surface area contributed by atoms with Crippen LogP contribution in [0.4, 0.5) is 4.39 Å². The summed E-state index contributed by atoms with van der Waals surface area (Å²) in [7, 11) is -2.94. The highest BCUT2D eigenvalue weighted by Crippen LogP contribution is 2.10. The van der Waals surface area contributed by atoms with E-state index in [4.69, 9.17) is 13.3 Å². The van der Waals surface area contributed by atoms with E-state index in [1.807, 2.05) is 0 Å². The molecule has 0 aromatic rings. The molecule has 0 bridgehead atoms. The molecule has 0 rings (SSSR count). The second kappa shape index (κ2) is 6.53. The molecule has 0 aliphatic rings. The summed E-state index contributed by atoms with van der Waals surface area (Å²) >= 11 is 0. The van der Waals surface area contributed by atoms with Gasteiger partial charge in [-0.3, -0.25) is 0 Å². The molecule has 0 amide bonds. The van der Waals surface area contributed by atoms with Gasteiger partial charge in [0.25, 0.3) is 0 Å². The van der Waals surface area contributed by atoms with E-state index in [0.29, 0.717) is 19.8 Å². The van der Waals surface area contributed by atoms with E-state index in [2.05, 4.69) is 0 Å². The fourth-order valence-electron chi connectivity index (χ4n) is 0.900. The zero-order valence-electron chi connectivity index (χ0n) is 7.93. The van der Waals surface area contributed by atoms with Gasteiger partial charge < -0.3 is 13.3 Å². The molecule has 12 heavy (non-hydrogen) atoms. The van der Waals surface area contributed by atoms with Gasteiger partial charge in [0.1, 0.15) is 0 Å². The zero-order chi connectivity index (χ0) is 9.45. The molecular formula is C7H17FO3Si. The third-order valence-corrected chi connectivity index (χ3v) is 3.77. The van der Waals surface area contributed by atoms with Crippen molar-refractivity contribution in [2.45, 2.75) is 20.8 Å². The van der Waals surface area contributed by atoms with Gasteiger partial charge in [0.05, 0.1) is 0 Å². The largest absolute Gasteiger partial charge is 0.533 e. The molecule has 0 aliphatic heterocycles. The maximum Gasteiger partial charge on any atom is 0.533 e. The molecule has 0 unspecified atom stereocenters. The minimum atomic E-state index is -2.94. The Morgan fingerprint density at radius 3 is 1.42 bits per heavy atom. The lowest BCUT2D eigenvalue weighted by Gasteiger charge is -2.25. The van der Waals surface area contributed by atoms with E-state index in [9.17, 15) is 4.39 Å². The van der Waals surface area contributed by atoms with Gasteiger partial charge in [0.2, 0.25) is 0 Å². The molecule has 0 fully saturated rings. The molecule has 0 aromatic carbocycles. The van der Waals surface area contributed by atoms with E-state index in [0.717, 1.165) is 0 Å². The first-order valence-corrected chi connectivity index (χ1v) is 6.15. The summed E-state index contributed by atoms with van der Waals surface area (Å²) in [6.07, 6.45) is -0.650. The van der Waals surface area contributed by atoms with Crippen LogP contribution in [-0.2, 0) is 13.3 Å². The van der Waals surface area contributed by atoms with Gasteiger partial charge in [-0.15, -0.1) is 0 Å². The topological polar surface area (TPSA) is 27.7 Å². The Morgan fingerprint density at radius 1 is 0.917 bits per heavy atom. The Balaban J connectivity index is 4.06. The van der Waals surface area contributed by atoms with Crippen LogP contribution in [0.1, 0.15) is 20.8 Å². The lowest BCUT2D eigenvalue weighted by molar-refractivity contribution is 0.0621. The average molecular weight is 196 g/mol. The van der Waals surface area contributed by atoms with Crippen LogP contribution in [0.3, 0.4) is 0 Å². The van der Waals surface area contributed by atoms with E-state index in [1.54, 1.807) is 20.8 Å². The minimum absolute atomic E-state index is 0.427. The summed E-state index contributed by atoms with van der Waals surface area (Å²) in [5.41, 5.74) is 0. The second-order valence-corrected chi connectivity index (χ2v) is 4.61. The molecule has 0 radical (unpaired) electrons. The van der Waals surface area contributed by atoms with Crippen LogP contribution in [0.2, 0.25) is 0 Å². The van der Waals surface area contributed by atoms with Gasteiger partial charge in [-0.25, -0.2) is 4.39 Å². The maximum absolute atomic E-state index is 12.6. The second-order valence-electron chi connectivity index (χ2n) is 2.12. The normalized spacial score (nSPS) is 12.0. The van der Waals surface area contributed by atoms with Gasteiger partial charge in [-0.2, -0.15) is 0 Å². The molecule has 0 N–H and O–H groups in total. The summed E-state index contributed by atoms with van der Waals surface area (Å²) in [6.45, 7) is 6.68. The Kier molecular flexibility index (Phi) is 6.55. The molecule has 0 atom stereocenters.